The number of fused-ring (bicyclic) bond motifs is 3. The lowest BCUT2D eigenvalue weighted by molar-refractivity contribution is -0.145. The summed E-state index contributed by atoms with van der Waals surface area (Å²) >= 11 is 0. The third kappa shape index (κ3) is 4.36. The Labute approximate surface area is 177 Å². The molecule has 1 aromatic rings. The van der Waals surface area contributed by atoms with Crippen LogP contribution in [0, 0.1) is 11.8 Å². The lowest BCUT2D eigenvalue weighted by Gasteiger charge is -2.52. The number of benzene rings is 1. The highest BCUT2D eigenvalue weighted by Crippen LogP contribution is 2.48. The van der Waals surface area contributed by atoms with Crippen LogP contribution < -0.4 is 16.0 Å². The number of carboxylic acids is 1. The lowest BCUT2D eigenvalue weighted by atomic mass is 9.59. The number of hydrogen-bond donors (Lipinski definition) is 4. The number of carboxylic acid groups (broad SMARTS) is 1. The maximum Gasteiger partial charge on any atom is 0.326 e. The van der Waals surface area contributed by atoms with E-state index in [1.165, 1.54) is 0 Å². The summed E-state index contributed by atoms with van der Waals surface area (Å²) < 4.78 is 0. The molecule has 1 saturated heterocycles. The molecule has 5 rings (SSSR count). The van der Waals surface area contributed by atoms with Crippen molar-refractivity contribution < 1.29 is 19.5 Å². The summed E-state index contributed by atoms with van der Waals surface area (Å²) in [7, 11) is 0. The van der Waals surface area contributed by atoms with E-state index in [9.17, 15) is 19.5 Å². The Bertz CT molecular complexity index is 783. The molecule has 1 aliphatic heterocycles. The van der Waals surface area contributed by atoms with Crippen molar-refractivity contribution in [2.45, 2.75) is 69.0 Å². The van der Waals surface area contributed by atoms with Crippen LogP contribution >= 0.6 is 0 Å². The van der Waals surface area contributed by atoms with Gasteiger partial charge in [-0.05, 0) is 63.0 Å². The van der Waals surface area contributed by atoms with Gasteiger partial charge < -0.3 is 21.1 Å². The van der Waals surface area contributed by atoms with E-state index in [2.05, 4.69) is 16.0 Å². The van der Waals surface area contributed by atoms with Gasteiger partial charge in [-0.2, -0.15) is 0 Å². The van der Waals surface area contributed by atoms with E-state index in [1.54, 1.807) is 0 Å². The van der Waals surface area contributed by atoms with Crippen molar-refractivity contribution >= 4 is 17.8 Å². The van der Waals surface area contributed by atoms with Crippen LogP contribution in [0.2, 0.25) is 0 Å². The van der Waals surface area contributed by atoms with Crippen molar-refractivity contribution in [1.29, 1.82) is 0 Å². The molecule has 0 radical (unpaired) electrons. The molecule has 7 nitrogen and oxygen atoms in total. The summed E-state index contributed by atoms with van der Waals surface area (Å²) in [6, 6.07) is 8.15. The van der Waals surface area contributed by atoms with Gasteiger partial charge in [0.15, 0.2) is 0 Å². The number of carbonyl (C=O) groups is 3. The zero-order valence-corrected chi connectivity index (χ0v) is 17.2. The third-order valence-corrected chi connectivity index (χ3v) is 7.20. The van der Waals surface area contributed by atoms with E-state index < -0.39 is 17.6 Å². The van der Waals surface area contributed by atoms with Gasteiger partial charge in [0.2, 0.25) is 11.8 Å². The summed E-state index contributed by atoms with van der Waals surface area (Å²) in [6.07, 6.45) is 6.33. The normalized spacial score (nSPS) is 31.1. The minimum Gasteiger partial charge on any atom is -0.480 e. The molecule has 3 saturated carbocycles. The second-order valence-corrected chi connectivity index (χ2v) is 9.12. The number of amides is 2. The summed E-state index contributed by atoms with van der Waals surface area (Å²) in [5.41, 5.74) is 0.307. The van der Waals surface area contributed by atoms with Gasteiger partial charge in [0.25, 0.3) is 0 Å². The molecule has 4 aliphatic rings. The molecule has 0 unspecified atom stereocenters. The highest BCUT2D eigenvalue weighted by molar-refractivity contribution is 5.88. The molecule has 4 fully saturated rings. The molecule has 3 aliphatic carbocycles. The molecule has 0 aromatic heterocycles. The molecule has 1 aromatic carbocycles. The fourth-order valence-corrected chi connectivity index (χ4v) is 5.47. The minimum atomic E-state index is -1.04. The summed E-state index contributed by atoms with van der Waals surface area (Å²) in [6.45, 7) is 0.844. The van der Waals surface area contributed by atoms with Crippen molar-refractivity contribution in [3.05, 3.63) is 35.9 Å². The zero-order valence-electron chi connectivity index (χ0n) is 17.2. The first-order valence-electron chi connectivity index (χ1n) is 11.1. The number of aliphatic carboxylic acids is 1. The largest absolute Gasteiger partial charge is 0.480 e. The fourth-order valence-electron chi connectivity index (χ4n) is 5.47. The molecule has 7 heteroatoms. The molecule has 2 amide bonds. The van der Waals surface area contributed by atoms with Crippen LogP contribution in [0.4, 0.5) is 0 Å². The first-order chi connectivity index (χ1) is 14.5. The predicted octanol–water partition coefficient (Wildman–Crippen LogP) is 1.62. The topological polar surface area (TPSA) is 108 Å². The van der Waals surface area contributed by atoms with Crippen molar-refractivity contribution in [1.82, 2.24) is 16.0 Å². The number of carbonyl (C=O) groups excluding carboxylic acids is 2. The van der Waals surface area contributed by atoms with E-state index in [4.69, 9.17) is 0 Å². The maximum atomic E-state index is 13.3. The fraction of sp³-hybridized carbons (Fsp3) is 0.609. The van der Waals surface area contributed by atoms with Crippen LogP contribution in [0.15, 0.2) is 30.3 Å². The van der Waals surface area contributed by atoms with Gasteiger partial charge >= 0.3 is 5.97 Å². The molecule has 30 heavy (non-hydrogen) atoms. The van der Waals surface area contributed by atoms with Gasteiger partial charge in [-0.3, -0.25) is 9.59 Å². The maximum absolute atomic E-state index is 13.3. The van der Waals surface area contributed by atoms with Crippen molar-refractivity contribution in [2.24, 2.45) is 11.8 Å². The average molecular weight is 414 g/mol. The van der Waals surface area contributed by atoms with Gasteiger partial charge in [-0.15, -0.1) is 0 Å². The van der Waals surface area contributed by atoms with Crippen LogP contribution in [-0.4, -0.2) is 47.1 Å². The van der Waals surface area contributed by atoms with E-state index in [1.807, 2.05) is 30.3 Å². The van der Waals surface area contributed by atoms with Crippen LogP contribution in [0.3, 0.4) is 0 Å². The average Bonchev–Trinajstić information content (AvgIpc) is 3.29. The summed E-state index contributed by atoms with van der Waals surface area (Å²) in [5.74, 6) is -1.22. The Kier molecular flexibility index (Phi) is 6.09. The molecule has 1 heterocycles. The van der Waals surface area contributed by atoms with Gasteiger partial charge in [0.1, 0.15) is 6.04 Å². The van der Waals surface area contributed by atoms with Crippen molar-refractivity contribution in [3.8, 4) is 0 Å². The van der Waals surface area contributed by atoms with Crippen LogP contribution in [0.5, 0.6) is 0 Å². The van der Waals surface area contributed by atoms with Crippen molar-refractivity contribution in [3.63, 3.8) is 0 Å². The SMILES string of the molecule is O=C(O)[C@H](Cc1ccccc1)NC(=O)[C@H]1CC2CCC1(NC(=O)[C@@H]1CCCN1)CC2. The first-order valence-corrected chi connectivity index (χ1v) is 11.1. The molecular formula is C23H31N3O4. The molecule has 162 valence electrons. The second kappa shape index (κ2) is 8.76. The first kappa shape index (κ1) is 20.8. The van der Waals surface area contributed by atoms with Gasteiger partial charge in [-0.1, -0.05) is 30.3 Å². The Hall–Kier alpha value is -2.41. The minimum absolute atomic E-state index is 0.0234. The monoisotopic (exact) mass is 413 g/mol. The van der Waals surface area contributed by atoms with Gasteiger partial charge in [0.05, 0.1) is 17.5 Å². The van der Waals surface area contributed by atoms with Crippen LogP contribution in [0.25, 0.3) is 0 Å². The molecule has 2 bridgehead atoms. The number of hydrogen-bond acceptors (Lipinski definition) is 4. The summed E-state index contributed by atoms with van der Waals surface area (Å²) in [4.78, 5) is 37.9. The Balaban J connectivity index is 1.47. The highest BCUT2D eigenvalue weighted by atomic mass is 16.4. The highest BCUT2D eigenvalue weighted by Gasteiger charge is 2.52. The molecule has 3 atom stereocenters. The van der Waals surface area contributed by atoms with E-state index in [-0.39, 0.29) is 30.2 Å². The quantitative estimate of drug-likeness (QED) is 0.543. The van der Waals surface area contributed by atoms with E-state index >= 15 is 0 Å². The smallest absolute Gasteiger partial charge is 0.326 e. The Morgan fingerprint density at radius 1 is 1.10 bits per heavy atom. The lowest BCUT2D eigenvalue weighted by Crippen LogP contribution is -2.65. The predicted molar refractivity (Wildman–Crippen MR) is 112 cm³/mol. The second-order valence-electron chi connectivity index (χ2n) is 9.12. The number of rotatable bonds is 7. The van der Waals surface area contributed by atoms with Crippen LogP contribution in [-0.2, 0) is 20.8 Å². The third-order valence-electron chi connectivity index (χ3n) is 7.20. The van der Waals surface area contributed by atoms with Crippen molar-refractivity contribution in [2.75, 3.05) is 6.54 Å². The summed E-state index contributed by atoms with van der Waals surface area (Å²) in [5, 5.41) is 18.9. The molecular weight excluding hydrogens is 382 g/mol. The molecule has 0 spiro atoms. The zero-order chi connectivity index (χ0) is 21.1. The van der Waals surface area contributed by atoms with Crippen LogP contribution in [0.1, 0.15) is 50.5 Å². The van der Waals surface area contributed by atoms with E-state index in [0.717, 1.165) is 50.6 Å². The standard InChI is InChI=1S/C23H31N3O4/c27-20(25-19(22(29)30)14-15-5-2-1-3-6-15)17-13-16-8-10-23(17,11-9-16)26-21(28)18-7-4-12-24-18/h1-3,5-6,16-19,24H,4,7-14H2,(H,25,27)(H,26,28)(H,29,30)/t16?,17-,18+,19+,23?/m1/s1. The molecule has 4 N–H and O–H groups in total. The van der Waals surface area contributed by atoms with E-state index in [0.29, 0.717) is 12.3 Å². The number of nitrogens with one attached hydrogen (secondary N) is 3. The Morgan fingerprint density at radius 3 is 2.47 bits per heavy atom. The van der Waals surface area contributed by atoms with Gasteiger partial charge in [0, 0.05) is 6.42 Å². The Morgan fingerprint density at radius 2 is 1.83 bits per heavy atom. The van der Waals surface area contributed by atoms with Gasteiger partial charge in [-0.25, -0.2) is 4.79 Å².